The topological polar surface area (TPSA) is 44.4 Å². The van der Waals surface area contributed by atoms with Gasteiger partial charge in [0.15, 0.2) is 0 Å². The lowest BCUT2D eigenvalue weighted by Gasteiger charge is -2.31. The molecule has 0 bridgehead atoms. The minimum atomic E-state index is 0.119. The van der Waals surface area contributed by atoms with Gasteiger partial charge in [-0.2, -0.15) is 0 Å². The average molecular weight is 227 g/mol. The zero-order chi connectivity index (χ0) is 11.8. The molecule has 0 aliphatic carbocycles. The second-order valence-electron chi connectivity index (χ2n) is 4.50. The van der Waals surface area contributed by atoms with Crippen molar-refractivity contribution in [3.8, 4) is 0 Å². The highest BCUT2D eigenvalue weighted by Crippen LogP contribution is 2.15. The molecule has 1 heterocycles. The van der Waals surface area contributed by atoms with Gasteiger partial charge in [0.05, 0.1) is 0 Å². The quantitative estimate of drug-likeness (QED) is 0.647. The van der Waals surface area contributed by atoms with Gasteiger partial charge in [-0.3, -0.25) is 4.79 Å². The van der Waals surface area contributed by atoms with Crippen LogP contribution in [0.25, 0.3) is 0 Å². The third-order valence-electron chi connectivity index (χ3n) is 3.40. The van der Waals surface area contributed by atoms with Crippen molar-refractivity contribution >= 4 is 5.91 Å². The molecule has 0 aromatic rings. The third kappa shape index (κ3) is 4.94. The number of piperidine rings is 1. The summed E-state index contributed by atoms with van der Waals surface area (Å²) in [5.74, 6) is 0.917. The molecule has 4 nitrogen and oxygen atoms in total. The average Bonchev–Trinajstić information content (AvgIpc) is 2.35. The lowest BCUT2D eigenvalue weighted by atomic mass is 9.97. The molecule has 0 unspecified atom stereocenters. The maximum absolute atomic E-state index is 11.0. The number of nitrogens with zero attached hydrogens (tertiary/aromatic N) is 1. The number of carbonyl (C=O) groups excluding carboxylic acids is 1. The normalized spacial score (nSPS) is 18.6. The summed E-state index contributed by atoms with van der Waals surface area (Å²) in [4.78, 5) is 13.5. The van der Waals surface area contributed by atoms with E-state index >= 15 is 0 Å². The van der Waals surface area contributed by atoms with Gasteiger partial charge in [0, 0.05) is 20.0 Å². The van der Waals surface area contributed by atoms with Gasteiger partial charge in [0.1, 0.15) is 0 Å². The van der Waals surface area contributed by atoms with Gasteiger partial charge < -0.3 is 15.5 Å². The zero-order valence-electron chi connectivity index (χ0n) is 10.6. The van der Waals surface area contributed by atoms with Crippen LogP contribution in [0.1, 0.15) is 26.2 Å². The van der Waals surface area contributed by atoms with Gasteiger partial charge in [-0.05, 0) is 44.9 Å². The minimum absolute atomic E-state index is 0.119. The molecule has 4 heteroatoms. The Hall–Kier alpha value is -0.610. The molecule has 0 spiro atoms. The molecule has 0 aromatic heterocycles. The van der Waals surface area contributed by atoms with E-state index in [1.165, 1.54) is 32.5 Å². The molecule has 94 valence electrons. The van der Waals surface area contributed by atoms with E-state index in [1.54, 1.807) is 7.05 Å². The van der Waals surface area contributed by atoms with Crippen molar-refractivity contribution in [1.82, 2.24) is 15.5 Å². The maximum atomic E-state index is 11.0. The molecule has 1 rings (SSSR count). The Morgan fingerprint density at radius 1 is 1.38 bits per heavy atom. The maximum Gasteiger partial charge on any atom is 0.221 e. The summed E-state index contributed by atoms with van der Waals surface area (Å²) < 4.78 is 0. The summed E-state index contributed by atoms with van der Waals surface area (Å²) in [6.07, 6.45) is 3.17. The van der Waals surface area contributed by atoms with Gasteiger partial charge in [0.2, 0.25) is 5.91 Å². The lowest BCUT2D eigenvalue weighted by molar-refractivity contribution is -0.120. The van der Waals surface area contributed by atoms with Crippen molar-refractivity contribution in [3.63, 3.8) is 0 Å². The van der Waals surface area contributed by atoms with Crippen LogP contribution in [0.3, 0.4) is 0 Å². The van der Waals surface area contributed by atoms with E-state index < -0.39 is 0 Å². The van der Waals surface area contributed by atoms with Crippen LogP contribution < -0.4 is 10.6 Å². The highest BCUT2D eigenvalue weighted by Gasteiger charge is 2.17. The summed E-state index contributed by atoms with van der Waals surface area (Å²) >= 11 is 0. The van der Waals surface area contributed by atoms with Gasteiger partial charge in [-0.25, -0.2) is 0 Å². The van der Waals surface area contributed by atoms with Gasteiger partial charge in [-0.1, -0.05) is 6.92 Å². The number of nitrogens with one attached hydrogen (secondary N) is 2. The predicted octanol–water partition coefficient (Wildman–Crippen LogP) is 0.444. The third-order valence-corrected chi connectivity index (χ3v) is 3.40. The summed E-state index contributed by atoms with van der Waals surface area (Å²) in [5.41, 5.74) is 0. The molecule has 0 radical (unpaired) electrons. The van der Waals surface area contributed by atoms with E-state index in [4.69, 9.17) is 0 Å². The monoisotopic (exact) mass is 227 g/mol. The summed E-state index contributed by atoms with van der Waals surface area (Å²) in [7, 11) is 1.68. The van der Waals surface area contributed by atoms with Crippen LogP contribution >= 0.6 is 0 Å². The fraction of sp³-hybridized carbons (Fsp3) is 0.917. The van der Waals surface area contributed by atoms with Crippen LogP contribution in [0, 0.1) is 5.92 Å². The molecular formula is C12H25N3O. The Labute approximate surface area is 98.8 Å². The molecule has 0 saturated carbocycles. The van der Waals surface area contributed by atoms with Gasteiger partial charge in [-0.15, -0.1) is 0 Å². The predicted molar refractivity (Wildman–Crippen MR) is 66.4 cm³/mol. The molecule has 2 N–H and O–H groups in total. The van der Waals surface area contributed by atoms with Crippen LogP contribution in [-0.4, -0.2) is 50.6 Å². The molecule has 0 atom stereocenters. The Morgan fingerprint density at radius 2 is 2.06 bits per heavy atom. The van der Waals surface area contributed by atoms with Crippen LogP contribution in [0.15, 0.2) is 0 Å². The highest BCUT2D eigenvalue weighted by atomic mass is 16.1. The van der Waals surface area contributed by atoms with Gasteiger partial charge >= 0.3 is 0 Å². The molecule has 1 fully saturated rings. The number of hydrogen-bond acceptors (Lipinski definition) is 3. The standard InChI is InChI=1S/C12H25N3O/c1-3-15-8-5-11(6-9-15)10-14-7-4-12(16)13-2/h11,14H,3-10H2,1-2H3,(H,13,16). The number of rotatable bonds is 6. The van der Waals surface area contributed by atoms with Crippen LogP contribution in [0.5, 0.6) is 0 Å². The van der Waals surface area contributed by atoms with E-state index in [-0.39, 0.29) is 5.91 Å². The minimum Gasteiger partial charge on any atom is -0.359 e. The van der Waals surface area contributed by atoms with Crippen molar-refractivity contribution in [2.75, 3.05) is 39.8 Å². The summed E-state index contributed by atoms with van der Waals surface area (Å²) in [5, 5.41) is 6.01. The highest BCUT2D eigenvalue weighted by molar-refractivity contribution is 5.75. The second kappa shape index (κ2) is 7.63. The fourth-order valence-electron chi connectivity index (χ4n) is 2.14. The zero-order valence-corrected chi connectivity index (χ0v) is 10.6. The smallest absolute Gasteiger partial charge is 0.221 e. The first-order chi connectivity index (χ1) is 7.76. The van der Waals surface area contributed by atoms with Crippen molar-refractivity contribution in [1.29, 1.82) is 0 Å². The Bertz CT molecular complexity index is 200. The lowest BCUT2D eigenvalue weighted by Crippen LogP contribution is -2.37. The van der Waals surface area contributed by atoms with Crippen LogP contribution in [0.2, 0.25) is 0 Å². The molecule has 1 aliphatic rings. The SMILES string of the molecule is CCN1CCC(CNCCC(=O)NC)CC1. The number of likely N-dealkylation sites (tertiary alicyclic amines) is 1. The van der Waals surface area contributed by atoms with Crippen molar-refractivity contribution in [3.05, 3.63) is 0 Å². The van der Waals surface area contributed by atoms with Crippen molar-refractivity contribution in [2.45, 2.75) is 26.2 Å². The Morgan fingerprint density at radius 3 is 2.62 bits per heavy atom. The van der Waals surface area contributed by atoms with E-state index in [0.29, 0.717) is 6.42 Å². The van der Waals surface area contributed by atoms with Crippen molar-refractivity contribution in [2.24, 2.45) is 5.92 Å². The first kappa shape index (κ1) is 13.5. The van der Waals surface area contributed by atoms with Crippen LogP contribution in [-0.2, 0) is 4.79 Å². The Balaban J connectivity index is 2.00. The van der Waals surface area contributed by atoms with E-state index in [2.05, 4.69) is 22.5 Å². The van der Waals surface area contributed by atoms with E-state index in [0.717, 1.165) is 19.0 Å². The number of amides is 1. The molecule has 1 saturated heterocycles. The van der Waals surface area contributed by atoms with E-state index in [1.807, 2.05) is 0 Å². The first-order valence-corrected chi connectivity index (χ1v) is 6.40. The molecule has 16 heavy (non-hydrogen) atoms. The number of carbonyl (C=O) groups is 1. The summed E-state index contributed by atoms with van der Waals surface area (Å²) in [6.45, 7) is 7.73. The van der Waals surface area contributed by atoms with Gasteiger partial charge in [0.25, 0.3) is 0 Å². The fourth-order valence-corrected chi connectivity index (χ4v) is 2.14. The molecule has 0 aromatic carbocycles. The summed E-state index contributed by atoms with van der Waals surface area (Å²) in [6, 6.07) is 0. The molecular weight excluding hydrogens is 202 g/mol. The van der Waals surface area contributed by atoms with Crippen molar-refractivity contribution < 1.29 is 4.79 Å². The van der Waals surface area contributed by atoms with E-state index in [9.17, 15) is 4.79 Å². The molecule has 1 aliphatic heterocycles. The number of hydrogen-bond donors (Lipinski definition) is 2. The molecule has 1 amide bonds. The first-order valence-electron chi connectivity index (χ1n) is 6.40. The Kier molecular flexibility index (Phi) is 6.42. The van der Waals surface area contributed by atoms with Crippen LogP contribution in [0.4, 0.5) is 0 Å². The largest absolute Gasteiger partial charge is 0.359 e. The second-order valence-corrected chi connectivity index (χ2v) is 4.50.